The van der Waals surface area contributed by atoms with E-state index in [1.165, 1.54) is 244 Å². The first-order valence-electron chi connectivity index (χ1n) is 31.3. The summed E-state index contributed by atoms with van der Waals surface area (Å²) >= 11 is 0. The summed E-state index contributed by atoms with van der Waals surface area (Å²) in [6.07, 6.45) is 70.3. The fourth-order valence-electron chi connectivity index (χ4n) is 9.48. The maximum Gasteiger partial charge on any atom is 0.306 e. The maximum absolute atomic E-state index is 12.9. The number of esters is 3. The van der Waals surface area contributed by atoms with Crippen molar-refractivity contribution in [3.05, 3.63) is 24.3 Å². The van der Waals surface area contributed by atoms with Gasteiger partial charge in [-0.15, -0.1) is 0 Å². The van der Waals surface area contributed by atoms with Crippen LogP contribution in [-0.2, 0) is 28.6 Å². The molecule has 0 heterocycles. The predicted octanol–water partition coefficient (Wildman–Crippen LogP) is 21.1. The number of allylic oxidation sites excluding steroid dienone is 4. The van der Waals surface area contributed by atoms with Gasteiger partial charge < -0.3 is 14.2 Å². The smallest absolute Gasteiger partial charge is 0.306 e. The van der Waals surface area contributed by atoms with Gasteiger partial charge in [-0.3, -0.25) is 14.4 Å². The SMILES string of the molecule is CCCCC/C=C\C/C=C\CCCCCCCCCCCC(=O)OCC(COC(=O)CCCCCCCCCCCCCCCCCC)OC(=O)CCCCCCCCCCCCCCCCCCC. The zero-order valence-corrected chi connectivity index (χ0v) is 47.3. The van der Waals surface area contributed by atoms with Crippen LogP contribution in [-0.4, -0.2) is 37.2 Å². The van der Waals surface area contributed by atoms with E-state index in [0.717, 1.165) is 64.2 Å². The van der Waals surface area contributed by atoms with Crippen molar-refractivity contribution in [1.29, 1.82) is 0 Å². The Labute approximate surface area is 436 Å². The van der Waals surface area contributed by atoms with E-state index in [1.54, 1.807) is 0 Å². The van der Waals surface area contributed by atoms with Crippen molar-refractivity contribution in [2.45, 2.75) is 354 Å². The van der Waals surface area contributed by atoms with E-state index in [1.807, 2.05) is 0 Å². The molecule has 1 unspecified atom stereocenters. The Morgan fingerprint density at radius 3 is 0.814 bits per heavy atom. The third-order valence-electron chi connectivity index (χ3n) is 14.2. The molecule has 412 valence electrons. The van der Waals surface area contributed by atoms with E-state index >= 15 is 0 Å². The fourth-order valence-corrected chi connectivity index (χ4v) is 9.48. The first kappa shape index (κ1) is 67.9. The second-order valence-electron chi connectivity index (χ2n) is 21.3. The molecule has 0 fully saturated rings. The van der Waals surface area contributed by atoms with Crippen molar-refractivity contribution in [2.75, 3.05) is 13.2 Å². The zero-order chi connectivity index (χ0) is 50.7. The van der Waals surface area contributed by atoms with Crippen LogP contribution < -0.4 is 0 Å². The first-order chi connectivity index (χ1) is 34.5. The summed E-state index contributed by atoms with van der Waals surface area (Å²) in [5.41, 5.74) is 0. The Balaban J connectivity index is 4.32. The Hall–Kier alpha value is -2.11. The van der Waals surface area contributed by atoms with Gasteiger partial charge in [0.1, 0.15) is 13.2 Å². The van der Waals surface area contributed by atoms with Gasteiger partial charge in [-0.25, -0.2) is 0 Å². The lowest BCUT2D eigenvalue weighted by molar-refractivity contribution is -0.167. The molecule has 0 aromatic carbocycles. The second-order valence-corrected chi connectivity index (χ2v) is 21.3. The summed E-state index contributed by atoms with van der Waals surface area (Å²) in [4.78, 5) is 38.3. The molecule has 0 aromatic rings. The van der Waals surface area contributed by atoms with Gasteiger partial charge in [-0.2, -0.15) is 0 Å². The number of carbonyl (C=O) groups excluding carboxylic acids is 3. The molecule has 0 saturated carbocycles. The molecule has 0 N–H and O–H groups in total. The molecule has 0 aliphatic heterocycles. The average molecular weight is 986 g/mol. The molecule has 70 heavy (non-hydrogen) atoms. The first-order valence-corrected chi connectivity index (χ1v) is 31.3. The molecule has 6 heteroatoms. The van der Waals surface area contributed by atoms with Crippen molar-refractivity contribution >= 4 is 17.9 Å². The van der Waals surface area contributed by atoms with Gasteiger partial charge in [0, 0.05) is 19.3 Å². The third-order valence-corrected chi connectivity index (χ3v) is 14.2. The van der Waals surface area contributed by atoms with Crippen LogP contribution in [0.4, 0.5) is 0 Å². The maximum atomic E-state index is 12.9. The van der Waals surface area contributed by atoms with Gasteiger partial charge in [0.2, 0.25) is 0 Å². The summed E-state index contributed by atoms with van der Waals surface area (Å²) in [5, 5.41) is 0. The lowest BCUT2D eigenvalue weighted by Gasteiger charge is -2.18. The monoisotopic (exact) mass is 985 g/mol. The third kappa shape index (κ3) is 56.8. The molecule has 0 bridgehead atoms. The van der Waals surface area contributed by atoms with Crippen LogP contribution >= 0.6 is 0 Å². The minimum atomic E-state index is -0.768. The van der Waals surface area contributed by atoms with Crippen LogP contribution in [0.5, 0.6) is 0 Å². The van der Waals surface area contributed by atoms with Crippen LogP contribution in [0.3, 0.4) is 0 Å². The highest BCUT2D eigenvalue weighted by Crippen LogP contribution is 2.18. The van der Waals surface area contributed by atoms with Gasteiger partial charge in [-0.05, 0) is 51.4 Å². The second kappa shape index (κ2) is 59.5. The predicted molar refractivity (Wildman–Crippen MR) is 303 cm³/mol. The Morgan fingerprint density at radius 1 is 0.286 bits per heavy atom. The minimum absolute atomic E-state index is 0.0662. The van der Waals surface area contributed by atoms with Crippen LogP contribution in [0.1, 0.15) is 348 Å². The van der Waals surface area contributed by atoms with E-state index < -0.39 is 6.10 Å². The molecule has 6 nitrogen and oxygen atoms in total. The van der Waals surface area contributed by atoms with Gasteiger partial charge in [0.05, 0.1) is 0 Å². The quantitative estimate of drug-likeness (QED) is 0.0261. The number of ether oxygens (including phenoxy) is 3. The van der Waals surface area contributed by atoms with Gasteiger partial charge in [0.25, 0.3) is 0 Å². The molecule has 0 rings (SSSR count). The number of rotatable bonds is 58. The molecule has 0 aromatic heterocycles. The Kier molecular flexibility index (Phi) is 57.7. The summed E-state index contributed by atoms with van der Waals surface area (Å²) in [6.45, 7) is 6.68. The van der Waals surface area contributed by atoms with Gasteiger partial charge in [0.15, 0.2) is 6.10 Å². The van der Waals surface area contributed by atoms with Crippen molar-refractivity contribution in [3.8, 4) is 0 Å². The van der Waals surface area contributed by atoms with E-state index in [4.69, 9.17) is 14.2 Å². The number of hydrogen-bond acceptors (Lipinski definition) is 6. The fraction of sp³-hybridized carbons (Fsp3) is 0.891. The molecule has 0 radical (unpaired) electrons. The highest BCUT2D eigenvalue weighted by atomic mass is 16.6. The molecular weight excluding hydrogens is 865 g/mol. The van der Waals surface area contributed by atoms with Crippen molar-refractivity contribution in [2.24, 2.45) is 0 Å². The summed E-state index contributed by atoms with van der Waals surface area (Å²) in [7, 11) is 0. The van der Waals surface area contributed by atoms with Crippen molar-refractivity contribution in [3.63, 3.8) is 0 Å². The highest BCUT2D eigenvalue weighted by Gasteiger charge is 2.19. The Bertz CT molecular complexity index is 1130. The number of hydrogen-bond donors (Lipinski definition) is 0. The molecule has 0 aliphatic rings. The lowest BCUT2D eigenvalue weighted by Crippen LogP contribution is -2.30. The highest BCUT2D eigenvalue weighted by molar-refractivity contribution is 5.71. The molecule has 1 atom stereocenters. The van der Waals surface area contributed by atoms with Gasteiger partial charge >= 0.3 is 17.9 Å². The molecule has 0 spiro atoms. The van der Waals surface area contributed by atoms with Crippen molar-refractivity contribution < 1.29 is 28.6 Å². The molecular formula is C64H120O6. The average Bonchev–Trinajstić information content (AvgIpc) is 3.36. The van der Waals surface area contributed by atoms with E-state index in [9.17, 15) is 14.4 Å². The van der Waals surface area contributed by atoms with Crippen LogP contribution in [0.15, 0.2) is 24.3 Å². The number of carbonyl (C=O) groups is 3. The van der Waals surface area contributed by atoms with Crippen LogP contribution in [0.2, 0.25) is 0 Å². The van der Waals surface area contributed by atoms with Crippen molar-refractivity contribution in [1.82, 2.24) is 0 Å². The van der Waals surface area contributed by atoms with E-state index in [-0.39, 0.29) is 31.1 Å². The largest absolute Gasteiger partial charge is 0.462 e. The topological polar surface area (TPSA) is 78.9 Å². The summed E-state index contributed by atoms with van der Waals surface area (Å²) in [5.74, 6) is -0.843. The standard InChI is InChI=1S/C64H120O6/c1-4-7-10-13-16-19-22-25-28-31-32-34-36-39-42-45-48-51-54-57-63(66)69-60-61(59-68-62(65)56-53-50-47-44-41-38-35-30-27-24-21-18-15-12-9-6-3)70-64(67)58-55-52-49-46-43-40-37-33-29-26-23-20-17-14-11-8-5-2/h16,19,25,28,61H,4-15,17-18,20-24,26-27,29-60H2,1-3H3/b19-16-,28-25-. The number of unbranched alkanes of at least 4 members (excludes halogenated alkanes) is 43. The normalized spacial score (nSPS) is 12.1. The van der Waals surface area contributed by atoms with Crippen LogP contribution in [0.25, 0.3) is 0 Å². The lowest BCUT2D eigenvalue weighted by atomic mass is 10.0. The van der Waals surface area contributed by atoms with Gasteiger partial charge in [-0.1, -0.05) is 302 Å². The van der Waals surface area contributed by atoms with Crippen LogP contribution in [0, 0.1) is 0 Å². The Morgan fingerprint density at radius 2 is 0.514 bits per heavy atom. The molecule has 0 amide bonds. The summed E-state index contributed by atoms with van der Waals surface area (Å²) < 4.78 is 16.9. The zero-order valence-electron chi connectivity index (χ0n) is 47.3. The molecule has 0 saturated heterocycles. The van der Waals surface area contributed by atoms with E-state index in [0.29, 0.717) is 19.3 Å². The van der Waals surface area contributed by atoms with E-state index in [2.05, 4.69) is 45.1 Å². The minimum Gasteiger partial charge on any atom is -0.462 e. The molecule has 0 aliphatic carbocycles. The summed E-state index contributed by atoms with van der Waals surface area (Å²) in [6, 6.07) is 0.